The maximum absolute atomic E-state index is 12.5. The van der Waals surface area contributed by atoms with Gasteiger partial charge in [0, 0.05) is 22.6 Å². The number of carbonyl (C=O) groups is 2. The van der Waals surface area contributed by atoms with E-state index in [4.69, 9.17) is 4.74 Å². The number of nitro benzene ring substituents is 1. The molecule has 4 aliphatic carbocycles. The molecular weight excluding hydrogens is 392 g/mol. The zero-order valence-electron chi connectivity index (χ0n) is 16.5. The Labute approximate surface area is 174 Å². The number of nitro groups is 1. The molecule has 1 atom stereocenters. The summed E-state index contributed by atoms with van der Waals surface area (Å²) in [6, 6.07) is 6.01. The molecule has 7 nitrogen and oxygen atoms in total. The van der Waals surface area contributed by atoms with Gasteiger partial charge in [0.15, 0.2) is 6.61 Å². The molecule has 8 heteroatoms. The Hall–Kier alpha value is -2.09. The van der Waals surface area contributed by atoms with E-state index in [-0.39, 0.29) is 23.7 Å². The number of hydrogen-bond donors (Lipinski definition) is 1. The van der Waals surface area contributed by atoms with Gasteiger partial charge in [-0.3, -0.25) is 19.7 Å². The predicted molar refractivity (Wildman–Crippen MR) is 108 cm³/mol. The van der Waals surface area contributed by atoms with E-state index in [2.05, 4.69) is 5.32 Å². The fourth-order valence-electron chi connectivity index (χ4n) is 5.75. The fraction of sp³-hybridized carbons (Fsp3) is 0.619. The van der Waals surface area contributed by atoms with Crippen molar-refractivity contribution in [1.29, 1.82) is 0 Å². The molecule has 4 fully saturated rings. The molecular formula is C21H26N2O5S. The molecule has 29 heavy (non-hydrogen) atoms. The lowest BCUT2D eigenvalue weighted by Crippen LogP contribution is -2.60. The molecule has 1 N–H and O–H groups in total. The molecule has 0 spiro atoms. The Bertz CT molecular complexity index is 775. The Morgan fingerprint density at radius 3 is 2.24 bits per heavy atom. The molecule has 1 amide bonds. The van der Waals surface area contributed by atoms with Gasteiger partial charge in [-0.1, -0.05) is 0 Å². The van der Waals surface area contributed by atoms with E-state index >= 15 is 0 Å². The lowest BCUT2D eigenvalue weighted by Gasteiger charge is -2.56. The number of non-ortho nitro benzene ring substituents is 1. The zero-order valence-corrected chi connectivity index (χ0v) is 17.3. The van der Waals surface area contributed by atoms with Gasteiger partial charge in [0.05, 0.1) is 4.92 Å². The standard InChI is InChI=1S/C21H26N2O5S/c1-13(29-18-4-2-17(3-5-18)23(26)27)20(25)28-12-19(24)22-21-9-14-6-15(10-21)8-16(7-14)11-21/h2-5,13-16H,6-12H2,1H3,(H,22,24)/t13-,14?,15?,16?,21?/m0/s1. The van der Waals surface area contributed by atoms with Crippen LogP contribution in [-0.4, -0.2) is 34.2 Å². The average Bonchev–Trinajstić information content (AvgIpc) is 2.65. The number of rotatable bonds is 7. The van der Waals surface area contributed by atoms with Gasteiger partial charge in [0.2, 0.25) is 0 Å². The molecule has 1 aromatic carbocycles. The summed E-state index contributed by atoms with van der Waals surface area (Å²) in [5.74, 6) is 1.54. The fourth-order valence-corrected chi connectivity index (χ4v) is 6.61. The first kappa shape index (κ1) is 20.2. The van der Waals surface area contributed by atoms with Crippen molar-refractivity contribution in [2.24, 2.45) is 17.8 Å². The summed E-state index contributed by atoms with van der Waals surface area (Å²) < 4.78 is 5.23. The minimum Gasteiger partial charge on any atom is -0.455 e. The van der Waals surface area contributed by atoms with Gasteiger partial charge in [-0.05, 0) is 75.3 Å². The molecule has 4 saturated carbocycles. The van der Waals surface area contributed by atoms with Crippen LogP contribution in [0.4, 0.5) is 5.69 Å². The molecule has 0 aromatic heterocycles. The SMILES string of the molecule is C[C@H](Sc1ccc([N+](=O)[O-])cc1)C(=O)OCC(=O)NC12CC3CC(CC(C3)C1)C2. The van der Waals surface area contributed by atoms with Crippen LogP contribution in [0.1, 0.15) is 45.4 Å². The lowest BCUT2D eigenvalue weighted by molar-refractivity contribution is -0.384. The smallest absolute Gasteiger partial charge is 0.319 e. The van der Waals surface area contributed by atoms with Crippen LogP contribution in [0, 0.1) is 27.9 Å². The van der Waals surface area contributed by atoms with Crippen LogP contribution in [0.2, 0.25) is 0 Å². The largest absolute Gasteiger partial charge is 0.455 e. The first-order chi connectivity index (χ1) is 13.8. The first-order valence-corrected chi connectivity index (χ1v) is 11.1. The Morgan fingerprint density at radius 1 is 1.17 bits per heavy atom. The highest BCUT2D eigenvalue weighted by molar-refractivity contribution is 8.00. The predicted octanol–water partition coefficient (Wildman–Crippen LogP) is 3.70. The van der Waals surface area contributed by atoms with Crippen molar-refractivity contribution in [3.05, 3.63) is 34.4 Å². The Balaban J connectivity index is 1.24. The van der Waals surface area contributed by atoms with Crippen LogP contribution < -0.4 is 5.32 Å². The lowest BCUT2D eigenvalue weighted by atomic mass is 9.53. The molecule has 0 saturated heterocycles. The van der Waals surface area contributed by atoms with Gasteiger partial charge < -0.3 is 10.1 Å². The van der Waals surface area contributed by atoms with Crippen LogP contribution in [0.15, 0.2) is 29.2 Å². The summed E-state index contributed by atoms with van der Waals surface area (Å²) in [5, 5.41) is 13.4. The number of amides is 1. The van der Waals surface area contributed by atoms with Crippen LogP contribution in [-0.2, 0) is 14.3 Å². The van der Waals surface area contributed by atoms with Gasteiger partial charge in [0.25, 0.3) is 11.6 Å². The highest BCUT2D eigenvalue weighted by Crippen LogP contribution is 2.55. The number of thioether (sulfide) groups is 1. The van der Waals surface area contributed by atoms with Gasteiger partial charge in [-0.2, -0.15) is 0 Å². The zero-order chi connectivity index (χ0) is 20.6. The van der Waals surface area contributed by atoms with Gasteiger partial charge >= 0.3 is 5.97 Å². The Morgan fingerprint density at radius 2 is 1.72 bits per heavy atom. The molecule has 156 valence electrons. The van der Waals surface area contributed by atoms with Crippen molar-refractivity contribution >= 4 is 29.3 Å². The number of benzene rings is 1. The molecule has 0 heterocycles. The van der Waals surface area contributed by atoms with E-state index in [0.717, 1.165) is 41.9 Å². The number of hydrogen-bond acceptors (Lipinski definition) is 6. The summed E-state index contributed by atoms with van der Waals surface area (Å²) in [6.07, 6.45) is 7.10. The van der Waals surface area contributed by atoms with Crippen LogP contribution in [0.5, 0.6) is 0 Å². The van der Waals surface area contributed by atoms with Crippen LogP contribution >= 0.6 is 11.8 Å². The molecule has 5 rings (SSSR count). The third-order valence-corrected chi connectivity index (χ3v) is 7.57. The number of ether oxygens (including phenoxy) is 1. The second-order valence-electron chi connectivity index (χ2n) is 8.86. The van der Waals surface area contributed by atoms with Crippen LogP contribution in [0.3, 0.4) is 0 Å². The topological polar surface area (TPSA) is 98.5 Å². The van der Waals surface area contributed by atoms with E-state index in [1.165, 1.54) is 43.2 Å². The first-order valence-electron chi connectivity index (χ1n) is 10.2. The van der Waals surface area contributed by atoms with E-state index in [0.29, 0.717) is 0 Å². The van der Waals surface area contributed by atoms with E-state index < -0.39 is 16.1 Å². The number of carbonyl (C=O) groups excluding carboxylic acids is 2. The number of nitrogens with one attached hydrogen (secondary N) is 1. The quantitative estimate of drug-likeness (QED) is 0.314. The third-order valence-electron chi connectivity index (χ3n) is 6.48. The third kappa shape index (κ3) is 4.57. The molecule has 0 radical (unpaired) electrons. The van der Waals surface area contributed by atoms with Crippen molar-refractivity contribution in [1.82, 2.24) is 5.32 Å². The van der Waals surface area contributed by atoms with Crippen LogP contribution in [0.25, 0.3) is 0 Å². The second-order valence-corrected chi connectivity index (χ2v) is 10.3. The maximum atomic E-state index is 12.5. The molecule has 4 bridgehead atoms. The normalized spacial score (nSPS) is 30.6. The summed E-state index contributed by atoms with van der Waals surface area (Å²) in [4.78, 5) is 35.7. The van der Waals surface area contributed by atoms with E-state index in [9.17, 15) is 19.7 Å². The van der Waals surface area contributed by atoms with E-state index in [1.54, 1.807) is 19.1 Å². The Kier molecular flexibility index (Phi) is 5.55. The molecule has 4 aliphatic rings. The minimum absolute atomic E-state index is 0.00549. The van der Waals surface area contributed by atoms with Crippen molar-refractivity contribution in [3.8, 4) is 0 Å². The minimum atomic E-state index is -0.510. The van der Waals surface area contributed by atoms with Crippen molar-refractivity contribution in [2.45, 2.75) is 61.1 Å². The molecule has 1 aromatic rings. The highest BCUT2D eigenvalue weighted by Gasteiger charge is 2.51. The van der Waals surface area contributed by atoms with Crippen molar-refractivity contribution in [2.75, 3.05) is 6.61 Å². The summed E-state index contributed by atoms with van der Waals surface area (Å²) in [7, 11) is 0. The van der Waals surface area contributed by atoms with Crippen molar-refractivity contribution in [3.63, 3.8) is 0 Å². The summed E-state index contributed by atoms with van der Waals surface area (Å²) >= 11 is 1.25. The molecule has 0 unspecified atom stereocenters. The number of esters is 1. The molecule has 0 aliphatic heterocycles. The highest BCUT2D eigenvalue weighted by atomic mass is 32.2. The maximum Gasteiger partial charge on any atom is 0.319 e. The van der Waals surface area contributed by atoms with Gasteiger partial charge in [-0.15, -0.1) is 11.8 Å². The summed E-state index contributed by atoms with van der Waals surface area (Å²) in [5.41, 5.74) is -0.0805. The summed E-state index contributed by atoms with van der Waals surface area (Å²) in [6.45, 7) is 1.44. The van der Waals surface area contributed by atoms with E-state index in [1.807, 2.05) is 0 Å². The number of nitrogens with zero attached hydrogens (tertiary/aromatic N) is 1. The average molecular weight is 419 g/mol. The second kappa shape index (κ2) is 7.97. The monoisotopic (exact) mass is 418 g/mol. The van der Waals surface area contributed by atoms with Gasteiger partial charge in [-0.25, -0.2) is 0 Å². The van der Waals surface area contributed by atoms with Gasteiger partial charge in [0.1, 0.15) is 5.25 Å². The van der Waals surface area contributed by atoms with Crippen molar-refractivity contribution < 1.29 is 19.2 Å².